The second-order valence-corrected chi connectivity index (χ2v) is 6.69. The molecule has 0 aliphatic rings. The maximum absolute atomic E-state index is 11.2. The van der Waals surface area contributed by atoms with Crippen LogP contribution in [0.2, 0.25) is 0 Å². The topological polar surface area (TPSA) is 88.2 Å². The van der Waals surface area contributed by atoms with Gasteiger partial charge in [0.15, 0.2) is 0 Å². The summed E-state index contributed by atoms with van der Waals surface area (Å²) in [7, 11) is 0. The van der Waals surface area contributed by atoms with Crippen molar-refractivity contribution in [2.45, 2.75) is 110 Å². The van der Waals surface area contributed by atoms with E-state index in [1.54, 1.807) is 0 Å². The largest absolute Gasteiger partial charge is 0.368 e. The number of guanidine groups is 1. The highest BCUT2D eigenvalue weighted by molar-refractivity contribution is 5.76. The van der Waals surface area contributed by atoms with Crippen molar-refractivity contribution in [3.8, 4) is 0 Å². The van der Waals surface area contributed by atoms with Crippen LogP contribution >= 0.6 is 0 Å². The lowest BCUT2D eigenvalue weighted by atomic mass is 10.0. The predicted molar refractivity (Wildman–Crippen MR) is 101 cm³/mol. The van der Waals surface area contributed by atoms with Crippen molar-refractivity contribution in [3.63, 3.8) is 0 Å². The third-order valence-electron chi connectivity index (χ3n) is 4.26. The quantitative estimate of drug-likeness (QED) is 0.156. The van der Waals surface area contributed by atoms with Gasteiger partial charge in [-0.1, -0.05) is 96.8 Å². The lowest BCUT2D eigenvalue weighted by Crippen LogP contribution is -2.32. The first-order valence-electron chi connectivity index (χ1n) is 9.96. The normalized spacial score (nSPS) is 10.5. The smallest absolute Gasteiger partial charge is 0.332 e. The molecule has 0 bridgehead atoms. The van der Waals surface area contributed by atoms with Gasteiger partial charge in [-0.05, 0) is 6.42 Å². The highest BCUT2D eigenvalue weighted by Gasteiger charge is 2.03. The Balaban J connectivity index is 3.10. The summed E-state index contributed by atoms with van der Waals surface area (Å²) in [6.07, 6.45) is 20.0. The van der Waals surface area contributed by atoms with E-state index in [0.29, 0.717) is 6.42 Å². The Bertz CT molecular complexity index is 309. The molecule has 0 aromatic heterocycles. The molecule has 0 atom stereocenters. The number of hydroxylamine groups is 1. The van der Waals surface area contributed by atoms with Crippen molar-refractivity contribution in [2.24, 2.45) is 5.73 Å². The van der Waals surface area contributed by atoms with Crippen LogP contribution in [0, 0.1) is 5.41 Å². The van der Waals surface area contributed by atoms with E-state index in [1.165, 1.54) is 83.5 Å². The summed E-state index contributed by atoms with van der Waals surface area (Å²) in [4.78, 5) is 15.8. The summed E-state index contributed by atoms with van der Waals surface area (Å²) in [6, 6.07) is 0. The zero-order valence-electron chi connectivity index (χ0n) is 15.7. The average molecular weight is 342 g/mol. The van der Waals surface area contributed by atoms with Crippen molar-refractivity contribution in [1.82, 2.24) is 5.48 Å². The van der Waals surface area contributed by atoms with Crippen LogP contribution in [0.25, 0.3) is 0 Å². The molecule has 0 spiro atoms. The first-order chi connectivity index (χ1) is 11.7. The average Bonchev–Trinajstić information content (AvgIpc) is 2.56. The Hall–Kier alpha value is -1.26. The van der Waals surface area contributed by atoms with Crippen LogP contribution in [-0.4, -0.2) is 11.9 Å². The first-order valence-corrected chi connectivity index (χ1v) is 9.96. The SMILES string of the molecule is CCCCCCCCCCCCCCCCCC(=O)ONC(=N)N. The molecule has 0 saturated heterocycles. The molecule has 0 unspecified atom stereocenters. The maximum atomic E-state index is 11.2. The number of hydrogen-bond acceptors (Lipinski definition) is 3. The van der Waals surface area contributed by atoms with Crippen molar-refractivity contribution >= 4 is 11.9 Å². The molecular weight excluding hydrogens is 302 g/mol. The van der Waals surface area contributed by atoms with Crippen LogP contribution in [0.15, 0.2) is 0 Å². The number of hydrogen-bond donors (Lipinski definition) is 3. The zero-order chi connectivity index (χ0) is 17.9. The minimum Gasteiger partial charge on any atom is -0.368 e. The van der Waals surface area contributed by atoms with Gasteiger partial charge in [0.25, 0.3) is 0 Å². The molecule has 0 saturated carbocycles. The first kappa shape index (κ1) is 22.7. The lowest BCUT2D eigenvalue weighted by molar-refractivity contribution is -0.148. The predicted octanol–water partition coefficient (Wildman–Crippen LogP) is 5.19. The van der Waals surface area contributed by atoms with Gasteiger partial charge in [0, 0.05) is 6.42 Å². The second kappa shape index (κ2) is 18.1. The fourth-order valence-electron chi connectivity index (χ4n) is 2.80. The van der Waals surface area contributed by atoms with Gasteiger partial charge in [-0.2, -0.15) is 5.48 Å². The van der Waals surface area contributed by atoms with E-state index in [0.717, 1.165) is 12.8 Å². The molecule has 0 fully saturated rings. The van der Waals surface area contributed by atoms with Crippen LogP contribution in [0.5, 0.6) is 0 Å². The van der Waals surface area contributed by atoms with Gasteiger partial charge in [-0.25, -0.2) is 4.79 Å². The number of nitrogens with one attached hydrogen (secondary N) is 2. The highest BCUT2D eigenvalue weighted by Crippen LogP contribution is 2.13. The van der Waals surface area contributed by atoms with E-state index in [-0.39, 0.29) is 11.9 Å². The van der Waals surface area contributed by atoms with Gasteiger partial charge in [0.2, 0.25) is 5.96 Å². The van der Waals surface area contributed by atoms with Gasteiger partial charge in [0.05, 0.1) is 0 Å². The summed E-state index contributed by atoms with van der Waals surface area (Å²) in [6.45, 7) is 2.27. The lowest BCUT2D eigenvalue weighted by Gasteiger charge is -2.05. The van der Waals surface area contributed by atoms with Gasteiger partial charge < -0.3 is 10.6 Å². The molecule has 5 nitrogen and oxygen atoms in total. The van der Waals surface area contributed by atoms with E-state index in [2.05, 4.69) is 17.2 Å². The number of carbonyl (C=O) groups excluding carboxylic acids is 1. The maximum Gasteiger partial charge on any atom is 0.332 e. The molecule has 0 rings (SSSR count). The highest BCUT2D eigenvalue weighted by atomic mass is 16.7. The molecule has 142 valence electrons. The Morgan fingerprint density at radius 3 is 1.54 bits per heavy atom. The molecule has 0 aromatic carbocycles. The molecule has 0 aliphatic heterocycles. The molecule has 24 heavy (non-hydrogen) atoms. The minimum absolute atomic E-state index is 0.347. The Labute approximate surface area is 148 Å². The van der Waals surface area contributed by atoms with Crippen LogP contribution < -0.4 is 11.2 Å². The summed E-state index contributed by atoms with van der Waals surface area (Å²) >= 11 is 0. The van der Waals surface area contributed by atoms with Crippen LogP contribution in [0.3, 0.4) is 0 Å². The Morgan fingerprint density at radius 1 is 0.792 bits per heavy atom. The summed E-state index contributed by atoms with van der Waals surface area (Å²) in [5.41, 5.74) is 7.08. The van der Waals surface area contributed by atoms with Crippen molar-refractivity contribution < 1.29 is 9.63 Å². The Kier molecular flexibility index (Phi) is 17.1. The standard InChI is InChI=1S/C19H39N3O2/c1-2-3-4-5-6-7-8-9-10-11-12-13-14-15-16-17-18(23)24-22-19(20)21/h2-17H2,1H3,(H4,20,21,22). The van der Waals surface area contributed by atoms with Gasteiger partial charge in [0.1, 0.15) is 0 Å². The number of rotatable bonds is 16. The van der Waals surface area contributed by atoms with E-state index >= 15 is 0 Å². The molecule has 0 radical (unpaired) electrons. The molecule has 5 heteroatoms. The third kappa shape index (κ3) is 18.8. The summed E-state index contributed by atoms with van der Waals surface area (Å²) in [5.74, 6) is -0.695. The van der Waals surface area contributed by atoms with Gasteiger partial charge in [-0.3, -0.25) is 5.41 Å². The second-order valence-electron chi connectivity index (χ2n) is 6.69. The minimum atomic E-state index is -0.347. The van der Waals surface area contributed by atoms with Crippen LogP contribution in [0.4, 0.5) is 0 Å². The monoisotopic (exact) mass is 341 g/mol. The third-order valence-corrected chi connectivity index (χ3v) is 4.26. The van der Waals surface area contributed by atoms with E-state index < -0.39 is 0 Å². The van der Waals surface area contributed by atoms with Crippen molar-refractivity contribution in [2.75, 3.05) is 0 Å². The number of unbranched alkanes of at least 4 members (excludes halogenated alkanes) is 14. The van der Waals surface area contributed by atoms with Crippen molar-refractivity contribution in [1.29, 1.82) is 5.41 Å². The van der Waals surface area contributed by atoms with Crippen LogP contribution in [0.1, 0.15) is 110 Å². The van der Waals surface area contributed by atoms with Gasteiger partial charge >= 0.3 is 5.97 Å². The molecule has 0 amide bonds. The van der Waals surface area contributed by atoms with E-state index in [9.17, 15) is 4.79 Å². The molecule has 0 aromatic rings. The summed E-state index contributed by atoms with van der Waals surface area (Å²) < 4.78 is 0. The van der Waals surface area contributed by atoms with E-state index in [4.69, 9.17) is 11.1 Å². The Morgan fingerprint density at radius 2 is 1.17 bits per heavy atom. The fraction of sp³-hybridized carbons (Fsp3) is 0.895. The molecule has 4 N–H and O–H groups in total. The zero-order valence-corrected chi connectivity index (χ0v) is 15.7. The summed E-state index contributed by atoms with van der Waals surface area (Å²) in [5, 5.41) is 6.87. The number of carbonyl (C=O) groups is 1. The van der Waals surface area contributed by atoms with Gasteiger partial charge in [-0.15, -0.1) is 0 Å². The van der Waals surface area contributed by atoms with Crippen LogP contribution in [-0.2, 0) is 9.63 Å². The molecule has 0 aliphatic carbocycles. The molecule has 0 heterocycles. The molecular formula is C19H39N3O2. The van der Waals surface area contributed by atoms with Crippen molar-refractivity contribution in [3.05, 3.63) is 0 Å². The van der Waals surface area contributed by atoms with E-state index in [1.807, 2.05) is 0 Å². The number of nitrogens with two attached hydrogens (primary N) is 1. The fourth-order valence-corrected chi connectivity index (χ4v) is 2.80.